The molecule has 6 heteroatoms. The van der Waals surface area contributed by atoms with E-state index >= 15 is 0 Å². The number of allylic oxidation sites excluding steroid dienone is 6. The van der Waals surface area contributed by atoms with Crippen LogP contribution < -0.4 is 0 Å². The van der Waals surface area contributed by atoms with E-state index in [4.69, 9.17) is 14.2 Å². The summed E-state index contributed by atoms with van der Waals surface area (Å²) in [6, 6.07) is 0. The number of esters is 3. The first-order chi connectivity index (χ1) is 29.5. The van der Waals surface area contributed by atoms with Crippen molar-refractivity contribution in [3.05, 3.63) is 36.5 Å². The van der Waals surface area contributed by atoms with Crippen LogP contribution in [0.25, 0.3) is 0 Å². The van der Waals surface area contributed by atoms with Crippen molar-refractivity contribution in [2.75, 3.05) is 13.2 Å². The molecule has 0 aliphatic heterocycles. The Hall–Kier alpha value is -2.37. The highest BCUT2D eigenvalue weighted by Gasteiger charge is 2.19. The molecule has 350 valence electrons. The highest BCUT2D eigenvalue weighted by molar-refractivity contribution is 5.71. The van der Waals surface area contributed by atoms with Crippen molar-refractivity contribution in [2.45, 2.75) is 277 Å². The van der Waals surface area contributed by atoms with Gasteiger partial charge >= 0.3 is 17.9 Å². The summed E-state index contributed by atoms with van der Waals surface area (Å²) >= 11 is 0. The summed E-state index contributed by atoms with van der Waals surface area (Å²) in [5, 5.41) is 0. The average molecular weight is 843 g/mol. The topological polar surface area (TPSA) is 78.9 Å². The SMILES string of the molecule is CCCCC/C=C\CCCCCCCC(=O)OC(COC(=O)CCCCCCC/C=C\C=C/CCCCCCCCC)COC(=O)CCCCCCCCCCCCCC. The molecular formula is C54H98O6. The third kappa shape index (κ3) is 46.7. The molecule has 0 saturated heterocycles. The predicted molar refractivity (Wildman–Crippen MR) is 256 cm³/mol. The van der Waals surface area contributed by atoms with Crippen molar-refractivity contribution in [3.63, 3.8) is 0 Å². The Bertz CT molecular complexity index is 1020. The molecule has 0 heterocycles. The molecule has 0 amide bonds. The maximum atomic E-state index is 12.8. The fourth-order valence-electron chi connectivity index (χ4n) is 7.43. The van der Waals surface area contributed by atoms with Gasteiger partial charge < -0.3 is 14.2 Å². The first-order valence-corrected chi connectivity index (χ1v) is 26.0. The fraction of sp³-hybridized carbons (Fsp3) is 0.833. The second-order valence-corrected chi connectivity index (χ2v) is 17.5. The Morgan fingerprint density at radius 1 is 0.333 bits per heavy atom. The summed E-state index contributed by atoms with van der Waals surface area (Å²) in [6.45, 7) is 6.60. The van der Waals surface area contributed by atoms with Gasteiger partial charge in [-0.25, -0.2) is 0 Å². The molecule has 0 aliphatic carbocycles. The van der Waals surface area contributed by atoms with Crippen LogP contribution in [0.1, 0.15) is 271 Å². The van der Waals surface area contributed by atoms with Gasteiger partial charge in [-0.15, -0.1) is 0 Å². The summed E-state index contributed by atoms with van der Waals surface area (Å²) in [5.74, 6) is -0.894. The monoisotopic (exact) mass is 843 g/mol. The minimum atomic E-state index is -0.778. The summed E-state index contributed by atoms with van der Waals surface area (Å²) in [6.07, 6.45) is 57.0. The van der Waals surface area contributed by atoms with Gasteiger partial charge in [-0.3, -0.25) is 14.4 Å². The van der Waals surface area contributed by atoms with Crippen molar-refractivity contribution in [1.82, 2.24) is 0 Å². The molecule has 0 spiro atoms. The van der Waals surface area contributed by atoms with Gasteiger partial charge in [0.25, 0.3) is 0 Å². The molecular weight excluding hydrogens is 745 g/mol. The van der Waals surface area contributed by atoms with Gasteiger partial charge in [0.1, 0.15) is 13.2 Å². The van der Waals surface area contributed by atoms with E-state index in [2.05, 4.69) is 57.2 Å². The van der Waals surface area contributed by atoms with Gasteiger partial charge in [-0.2, -0.15) is 0 Å². The van der Waals surface area contributed by atoms with Crippen LogP contribution in [0.5, 0.6) is 0 Å². The lowest BCUT2D eigenvalue weighted by molar-refractivity contribution is -0.167. The highest BCUT2D eigenvalue weighted by atomic mass is 16.6. The molecule has 0 saturated carbocycles. The van der Waals surface area contributed by atoms with Gasteiger partial charge in [0.15, 0.2) is 6.10 Å². The van der Waals surface area contributed by atoms with E-state index in [1.807, 2.05) is 0 Å². The van der Waals surface area contributed by atoms with E-state index in [9.17, 15) is 14.4 Å². The molecule has 1 atom stereocenters. The Labute approximate surface area is 372 Å². The Morgan fingerprint density at radius 2 is 0.600 bits per heavy atom. The number of hydrogen-bond acceptors (Lipinski definition) is 6. The van der Waals surface area contributed by atoms with E-state index < -0.39 is 6.10 Å². The molecule has 60 heavy (non-hydrogen) atoms. The average Bonchev–Trinajstić information content (AvgIpc) is 3.24. The van der Waals surface area contributed by atoms with Crippen molar-refractivity contribution in [1.29, 1.82) is 0 Å². The minimum Gasteiger partial charge on any atom is -0.462 e. The van der Waals surface area contributed by atoms with Crippen molar-refractivity contribution >= 4 is 17.9 Å². The van der Waals surface area contributed by atoms with Crippen LogP contribution in [0.2, 0.25) is 0 Å². The number of unbranched alkanes of at least 4 members (excludes halogenated alkanes) is 31. The molecule has 0 fully saturated rings. The molecule has 0 rings (SSSR count). The maximum Gasteiger partial charge on any atom is 0.306 e. The number of carbonyl (C=O) groups is 3. The number of ether oxygens (including phenoxy) is 3. The van der Waals surface area contributed by atoms with Gasteiger partial charge in [0, 0.05) is 19.3 Å². The molecule has 0 aromatic heterocycles. The lowest BCUT2D eigenvalue weighted by Crippen LogP contribution is -2.30. The molecule has 1 unspecified atom stereocenters. The first-order valence-electron chi connectivity index (χ1n) is 26.0. The third-order valence-electron chi connectivity index (χ3n) is 11.4. The summed E-state index contributed by atoms with van der Waals surface area (Å²) in [5.41, 5.74) is 0. The standard InChI is InChI=1S/C54H98O6/c1-4-7-10-13-16-19-22-25-26-27-28-29-30-33-35-38-41-44-47-53(56)59-50-51(60-54(57)48-45-42-39-36-32-24-21-18-15-12-9-6-3)49-58-52(55)46-43-40-37-34-31-23-20-17-14-11-8-5-2/h18,21,26-29,51H,4-17,19-20,22-25,30-50H2,1-3H3/b21-18-,27-26-,29-28-. The number of rotatable bonds is 47. The van der Waals surface area contributed by atoms with Crippen LogP contribution in [0.4, 0.5) is 0 Å². The Morgan fingerprint density at radius 3 is 0.967 bits per heavy atom. The van der Waals surface area contributed by atoms with Crippen molar-refractivity contribution in [3.8, 4) is 0 Å². The molecule has 0 radical (unpaired) electrons. The van der Waals surface area contributed by atoms with Crippen molar-refractivity contribution in [2.24, 2.45) is 0 Å². The molecule has 0 bridgehead atoms. The zero-order chi connectivity index (χ0) is 43.7. The van der Waals surface area contributed by atoms with Crippen LogP contribution in [-0.2, 0) is 28.6 Å². The molecule has 0 N–H and O–H groups in total. The number of hydrogen-bond donors (Lipinski definition) is 0. The quantitative estimate of drug-likeness (QED) is 0.0200. The Balaban J connectivity index is 4.36. The van der Waals surface area contributed by atoms with Gasteiger partial charge in [-0.1, -0.05) is 218 Å². The normalized spacial score (nSPS) is 12.2. The van der Waals surface area contributed by atoms with E-state index in [0.717, 1.165) is 89.9 Å². The van der Waals surface area contributed by atoms with E-state index in [1.54, 1.807) is 0 Å². The smallest absolute Gasteiger partial charge is 0.306 e. The second kappa shape index (κ2) is 49.3. The Kier molecular flexibility index (Phi) is 47.3. The van der Waals surface area contributed by atoms with Crippen LogP contribution in [0.3, 0.4) is 0 Å². The zero-order valence-corrected chi connectivity index (χ0v) is 40.0. The van der Waals surface area contributed by atoms with E-state index in [0.29, 0.717) is 19.3 Å². The van der Waals surface area contributed by atoms with E-state index in [1.165, 1.54) is 141 Å². The molecule has 0 aromatic rings. The highest BCUT2D eigenvalue weighted by Crippen LogP contribution is 2.15. The van der Waals surface area contributed by atoms with Crippen LogP contribution in [0, 0.1) is 0 Å². The molecule has 0 aliphatic rings. The molecule has 0 aromatic carbocycles. The maximum absolute atomic E-state index is 12.8. The molecule has 6 nitrogen and oxygen atoms in total. The van der Waals surface area contributed by atoms with Crippen LogP contribution in [0.15, 0.2) is 36.5 Å². The largest absolute Gasteiger partial charge is 0.462 e. The first kappa shape index (κ1) is 57.6. The van der Waals surface area contributed by atoms with E-state index in [-0.39, 0.29) is 31.1 Å². The van der Waals surface area contributed by atoms with Gasteiger partial charge in [-0.05, 0) is 70.6 Å². The van der Waals surface area contributed by atoms with Crippen LogP contribution >= 0.6 is 0 Å². The van der Waals surface area contributed by atoms with Gasteiger partial charge in [0.05, 0.1) is 0 Å². The minimum absolute atomic E-state index is 0.0779. The summed E-state index contributed by atoms with van der Waals surface area (Å²) in [7, 11) is 0. The third-order valence-corrected chi connectivity index (χ3v) is 11.4. The number of carbonyl (C=O) groups excluding carboxylic acids is 3. The van der Waals surface area contributed by atoms with Gasteiger partial charge in [0.2, 0.25) is 0 Å². The lowest BCUT2D eigenvalue weighted by atomic mass is 10.0. The predicted octanol–water partition coefficient (Wildman–Crippen LogP) is 16.9. The lowest BCUT2D eigenvalue weighted by Gasteiger charge is -2.18. The summed E-state index contributed by atoms with van der Waals surface area (Å²) in [4.78, 5) is 37.9. The fourth-order valence-corrected chi connectivity index (χ4v) is 7.43. The van der Waals surface area contributed by atoms with Crippen LogP contribution in [-0.4, -0.2) is 37.2 Å². The zero-order valence-electron chi connectivity index (χ0n) is 40.0. The van der Waals surface area contributed by atoms with Crippen molar-refractivity contribution < 1.29 is 28.6 Å². The summed E-state index contributed by atoms with van der Waals surface area (Å²) < 4.78 is 16.8. The second-order valence-electron chi connectivity index (χ2n) is 17.5.